The molecule has 1 amide bonds. The highest BCUT2D eigenvalue weighted by atomic mass is 32.2. The van der Waals surface area contributed by atoms with Crippen LogP contribution in [0.2, 0.25) is 0 Å². The highest BCUT2D eigenvalue weighted by Crippen LogP contribution is 2.34. The van der Waals surface area contributed by atoms with Gasteiger partial charge in [0.15, 0.2) is 0 Å². The van der Waals surface area contributed by atoms with Crippen molar-refractivity contribution in [3.8, 4) is 6.07 Å². The number of thiazole rings is 1. The molecule has 7 heteroatoms. The topological polar surface area (TPSA) is 69.9 Å². The molecule has 0 atom stereocenters. The Bertz CT molecular complexity index is 873. The quantitative estimate of drug-likeness (QED) is 0.464. The lowest BCUT2D eigenvalue weighted by Crippen LogP contribution is -2.38. The van der Waals surface area contributed by atoms with E-state index >= 15 is 0 Å². The first kappa shape index (κ1) is 21.8. The highest BCUT2D eigenvalue weighted by molar-refractivity contribution is 7.99. The molecule has 0 aliphatic carbocycles. The Labute approximate surface area is 181 Å². The summed E-state index contributed by atoms with van der Waals surface area (Å²) in [5.74, 6) is 1.30. The van der Waals surface area contributed by atoms with E-state index in [1.807, 2.05) is 17.0 Å². The number of hydrogen-bond donors (Lipinski definition) is 0. The van der Waals surface area contributed by atoms with E-state index in [9.17, 15) is 4.79 Å². The van der Waals surface area contributed by atoms with E-state index in [1.54, 1.807) is 29.3 Å². The van der Waals surface area contributed by atoms with Crippen molar-refractivity contribution < 1.29 is 4.79 Å². The lowest BCUT2D eigenvalue weighted by molar-refractivity contribution is 0.0708. The summed E-state index contributed by atoms with van der Waals surface area (Å²) >= 11 is 3.32. The molecule has 0 spiro atoms. The molecule has 1 aliphatic heterocycles. The van der Waals surface area contributed by atoms with Crippen LogP contribution in [0.5, 0.6) is 0 Å². The molecule has 0 radical (unpaired) electrons. The van der Waals surface area contributed by atoms with E-state index in [1.165, 1.54) is 5.01 Å². The van der Waals surface area contributed by atoms with Gasteiger partial charge in [-0.05, 0) is 31.4 Å². The summed E-state index contributed by atoms with van der Waals surface area (Å²) in [6.07, 6.45) is 4.97. The first-order valence-corrected chi connectivity index (χ1v) is 12.0. The Morgan fingerprint density at radius 3 is 2.79 bits per heavy atom. The van der Waals surface area contributed by atoms with Crippen LogP contribution in [-0.2, 0) is 5.41 Å². The van der Waals surface area contributed by atoms with Crippen molar-refractivity contribution in [2.45, 2.75) is 62.8 Å². The number of unbranched alkanes of at least 4 members (excludes halogenated alkanes) is 1. The van der Waals surface area contributed by atoms with Gasteiger partial charge >= 0.3 is 0 Å². The van der Waals surface area contributed by atoms with Crippen LogP contribution in [0.25, 0.3) is 0 Å². The molecule has 29 heavy (non-hydrogen) atoms. The molecule has 1 aliphatic rings. The maximum Gasteiger partial charge on any atom is 0.256 e. The van der Waals surface area contributed by atoms with Crippen LogP contribution in [0, 0.1) is 11.3 Å². The van der Waals surface area contributed by atoms with Gasteiger partial charge in [-0.25, -0.2) is 9.97 Å². The minimum Gasteiger partial charge on any atom is -0.339 e. The van der Waals surface area contributed by atoms with Gasteiger partial charge < -0.3 is 4.90 Å². The number of hydrogen-bond acceptors (Lipinski definition) is 6. The number of thioether (sulfide) groups is 1. The van der Waals surface area contributed by atoms with Crippen molar-refractivity contribution in [3.63, 3.8) is 0 Å². The average Bonchev–Trinajstić information content (AvgIpc) is 3.22. The summed E-state index contributed by atoms with van der Waals surface area (Å²) < 4.78 is 0. The highest BCUT2D eigenvalue weighted by Gasteiger charge is 2.28. The third kappa shape index (κ3) is 5.58. The maximum atomic E-state index is 13.1. The number of pyridine rings is 1. The average molecular weight is 429 g/mol. The van der Waals surface area contributed by atoms with Gasteiger partial charge in [0.25, 0.3) is 5.91 Å². The van der Waals surface area contributed by atoms with Crippen LogP contribution < -0.4 is 0 Å². The molecule has 0 N–H and O–H groups in total. The molecule has 0 unspecified atom stereocenters. The summed E-state index contributed by atoms with van der Waals surface area (Å²) in [5.41, 5.74) is 1.91. The lowest BCUT2D eigenvalue weighted by atomic mass is 9.93. The van der Waals surface area contributed by atoms with Crippen molar-refractivity contribution in [2.75, 3.05) is 18.8 Å². The molecular weight excluding hydrogens is 400 g/mol. The van der Waals surface area contributed by atoms with E-state index in [-0.39, 0.29) is 11.3 Å². The number of likely N-dealkylation sites (tertiary alicyclic amines) is 1. The molecule has 0 bridgehead atoms. The summed E-state index contributed by atoms with van der Waals surface area (Å²) in [5, 5.41) is 12.8. The molecule has 154 valence electrons. The zero-order valence-corrected chi connectivity index (χ0v) is 19.0. The SMILES string of the molecule is CC(C)(C)c1csc(C2CCN(C(=O)c3cccnc3SCCCC#N)CC2)n1. The maximum absolute atomic E-state index is 13.1. The number of piperidine rings is 1. The largest absolute Gasteiger partial charge is 0.339 e. The second-order valence-electron chi connectivity index (χ2n) is 8.35. The number of carbonyl (C=O) groups is 1. The molecule has 0 saturated carbocycles. The lowest BCUT2D eigenvalue weighted by Gasteiger charge is -2.31. The van der Waals surface area contributed by atoms with Crippen molar-refractivity contribution in [1.82, 2.24) is 14.9 Å². The Kier molecular flexibility index (Phi) is 7.31. The zero-order valence-electron chi connectivity index (χ0n) is 17.4. The van der Waals surface area contributed by atoms with Crippen LogP contribution in [0.3, 0.4) is 0 Å². The van der Waals surface area contributed by atoms with Crippen LogP contribution in [0.4, 0.5) is 0 Å². The van der Waals surface area contributed by atoms with Crippen LogP contribution in [-0.4, -0.2) is 39.6 Å². The molecule has 2 aromatic rings. The molecule has 1 saturated heterocycles. The van der Waals surface area contributed by atoms with Gasteiger partial charge in [0.2, 0.25) is 0 Å². The van der Waals surface area contributed by atoms with Crippen LogP contribution in [0.15, 0.2) is 28.7 Å². The number of nitriles is 1. The van der Waals surface area contributed by atoms with Crippen molar-refractivity contribution in [2.24, 2.45) is 0 Å². The minimum absolute atomic E-state index is 0.0638. The fraction of sp³-hybridized carbons (Fsp3) is 0.545. The van der Waals surface area contributed by atoms with Crippen LogP contribution in [0.1, 0.15) is 73.4 Å². The first-order chi connectivity index (χ1) is 13.9. The van der Waals surface area contributed by atoms with Gasteiger partial charge in [-0.3, -0.25) is 4.79 Å². The Balaban J connectivity index is 1.60. The second kappa shape index (κ2) is 9.73. The van der Waals surface area contributed by atoms with E-state index in [4.69, 9.17) is 10.2 Å². The number of carbonyl (C=O) groups excluding carboxylic acids is 1. The van der Waals surface area contributed by atoms with Crippen molar-refractivity contribution in [1.29, 1.82) is 5.26 Å². The van der Waals surface area contributed by atoms with Gasteiger partial charge in [-0.1, -0.05) is 20.8 Å². The molecule has 0 aromatic carbocycles. The van der Waals surface area contributed by atoms with E-state index < -0.39 is 0 Å². The standard InChI is InChI=1S/C22H28N4OS2/c1-22(2,3)18-15-29-19(25-18)16-8-12-26(13-9-16)21(27)17-7-6-11-24-20(17)28-14-5-4-10-23/h6-7,11,15-16H,4-5,8-9,12-14H2,1-3H3. The van der Waals surface area contributed by atoms with Gasteiger partial charge in [0.1, 0.15) is 5.03 Å². The van der Waals surface area contributed by atoms with E-state index in [0.717, 1.165) is 48.8 Å². The van der Waals surface area contributed by atoms with Crippen molar-refractivity contribution in [3.05, 3.63) is 40.0 Å². The fourth-order valence-electron chi connectivity index (χ4n) is 3.31. The van der Waals surface area contributed by atoms with Gasteiger partial charge in [0, 0.05) is 48.2 Å². The Hall–Kier alpha value is -1.91. The number of rotatable bonds is 6. The summed E-state index contributed by atoms with van der Waals surface area (Å²) in [6.45, 7) is 8.08. The number of aromatic nitrogens is 2. The molecular formula is C22H28N4OS2. The smallest absolute Gasteiger partial charge is 0.256 e. The minimum atomic E-state index is 0.0638. The summed E-state index contributed by atoms with van der Waals surface area (Å²) in [6, 6.07) is 5.84. The van der Waals surface area contributed by atoms with E-state index in [2.05, 4.69) is 37.2 Å². The van der Waals surface area contributed by atoms with E-state index in [0.29, 0.717) is 17.9 Å². The van der Waals surface area contributed by atoms with Gasteiger partial charge in [-0.2, -0.15) is 5.26 Å². The first-order valence-electron chi connectivity index (χ1n) is 10.1. The predicted molar refractivity (Wildman–Crippen MR) is 119 cm³/mol. The summed E-state index contributed by atoms with van der Waals surface area (Å²) in [7, 11) is 0. The molecule has 2 aromatic heterocycles. The van der Waals surface area contributed by atoms with Crippen molar-refractivity contribution >= 4 is 29.0 Å². The molecule has 3 rings (SSSR count). The third-order valence-corrected chi connectivity index (χ3v) is 7.19. The number of amides is 1. The molecule has 1 fully saturated rings. The fourth-order valence-corrected chi connectivity index (χ4v) is 5.45. The summed E-state index contributed by atoms with van der Waals surface area (Å²) in [4.78, 5) is 24.3. The zero-order chi connectivity index (χ0) is 20.9. The monoisotopic (exact) mass is 428 g/mol. The van der Waals surface area contributed by atoms with Gasteiger partial charge in [-0.15, -0.1) is 23.1 Å². The molecule has 5 nitrogen and oxygen atoms in total. The third-order valence-electron chi connectivity index (χ3n) is 5.10. The Morgan fingerprint density at radius 2 is 2.14 bits per heavy atom. The predicted octanol–water partition coefficient (Wildman–Crippen LogP) is 5.25. The van der Waals surface area contributed by atoms with Gasteiger partial charge in [0.05, 0.1) is 22.3 Å². The second-order valence-corrected chi connectivity index (χ2v) is 10.3. The normalized spacial score (nSPS) is 15.3. The Morgan fingerprint density at radius 1 is 1.38 bits per heavy atom. The number of nitrogens with zero attached hydrogens (tertiary/aromatic N) is 4. The van der Waals surface area contributed by atoms with Crippen LogP contribution >= 0.6 is 23.1 Å². The molecule has 3 heterocycles.